The molecule has 170 valence electrons. The summed E-state index contributed by atoms with van der Waals surface area (Å²) in [5.74, 6) is -0.933. The molecule has 2 aromatic carbocycles. The third-order valence-electron chi connectivity index (χ3n) is 5.60. The van der Waals surface area contributed by atoms with Crippen LogP contribution in [0.5, 0.6) is 0 Å². The van der Waals surface area contributed by atoms with Crippen molar-refractivity contribution in [3.63, 3.8) is 0 Å². The highest BCUT2D eigenvalue weighted by atomic mass is 16.3. The van der Waals surface area contributed by atoms with Crippen molar-refractivity contribution in [2.45, 2.75) is 25.9 Å². The van der Waals surface area contributed by atoms with Gasteiger partial charge in [0.1, 0.15) is 5.76 Å². The van der Waals surface area contributed by atoms with Gasteiger partial charge in [0.2, 0.25) is 5.91 Å². The fourth-order valence-corrected chi connectivity index (χ4v) is 3.97. The average Bonchev–Trinajstić information content (AvgIpc) is 3.34. The number of amides is 3. The Kier molecular flexibility index (Phi) is 6.85. The second-order valence-corrected chi connectivity index (χ2v) is 7.94. The molecule has 3 amide bonds. The van der Waals surface area contributed by atoms with Gasteiger partial charge in [0.25, 0.3) is 0 Å². The molecule has 8 nitrogen and oxygen atoms in total. The van der Waals surface area contributed by atoms with Crippen LogP contribution in [0.3, 0.4) is 0 Å². The number of furan rings is 1. The van der Waals surface area contributed by atoms with Crippen LogP contribution in [-0.4, -0.2) is 35.7 Å². The minimum atomic E-state index is -0.760. The molecule has 1 aliphatic rings. The summed E-state index contributed by atoms with van der Waals surface area (Å²) in [4.78, 5) is 38.2. The van der Waals surface area contributed by atoms with E-state index < -0.39 is 11.8 Å². The van der Waals surface area contributed by atoms with Crippen LogP contribution in [0.2, 0.25) is 0 Å². The maximum absolute atomic E-state index is 12.5. The van der Waals surface area contributed by atoms with E-state index in [2.05, 4.69) is 33.0 Å². The molecule has 1 aromatic heterocycles. The van der Waals surface area contributed by atoms with Gasteiger partial charge in [-0.15, -0.1) is 0 Å². The van der Waals surface area contributed by atoms with Gasteiger partial charge in [-0.2, -0.15) is 0 Å². The van der Waals surface area contributed by atoms with E-state index in [9.17, 15) is 14.4 Å². The number of hydrogen-bond donors (Lipinski definition) is 3. The van der Waals surface area contributed by atoms with E-state index in [1.54, 1.807) is 30.5 Å². The van der Waals surface area contributed by atoms with Crippen LogP contribution < -0.4 is 16.0 Å². The van der Waals surface area contributed by atoms with Gasteiger partial charge in [-0.25, -0.2) is 0 Å². The fraction of sp³-hybridized carbons (Fsp3) is 0.240. The van der Waals surface area contributed by atoms with Crippen molar-refractivity contribution in [2.24, 2.45) is 0 Å². The lowest BCUT2D eigenvalue weighted by Gasteiger charge is -2.34. The first kappa shape index (κ1) is 22.3. The summed E-state index contributed by atoms with van der Waals surface area (Å²) in [7, 11) is 0. The molecule has 4 rings (SSSR count). The monoisotopic (exact) mass is 446 g/mol. The topological polar surface area (TPSA) is 104 Å². The van der Waals surface area contributed by atoms with Crippen molar-refractivity contribution in [1.29, 1.82) is 0 Å². The molecule has 1 atom stereocenters. The highest BCUT2D eigenvalue weighted by Gasteiger charge is 2.27. The Morgan fingerprint density at radius 2 is 1.61 bits per heavy atom. The van der Waals surface area contributed by atoms with Crippen molar-refractivity contribution < 1.29 is 18.8 Å². The lowest BCUT2D eigenvalue weighted by molar-refractivity contribution is -0.136. The van der Waals surface area contributed by atoms with Crippen molar-refractivity contribution in [3.05, 3.63) is 83.8 Å². The second-order valence-electron chi connectivity index (χ2n) is 7.94. The summed E-state index contributed by atoms with van der Waals surface area (Å²) < 4.78 is 5.64. The first-order chi connectivity index (χ1) is 16.0. The van der Waals surface area contributed by atoms with E-state index >= 15 is 0 Å². The minimum Gasteiger partial charge on any atom is -0.468 e. The summed E-state index contributed by atoms with van der Waals surface area (Å²) in [6, 6.07) is 18.4. The lowest BCUT2D eigenvalue weighted by atomic mass is 9.98. The van der Waals surface area contributed by atoms with E-state index in [4.69, 9.17) is 4.42 Å². The number of nitrogens with zero attached hydrogens (tertiary/aromatic N) is 1. The van der Waals surface area contributed by atoms with Crippen molar-refractivity contribution in [2.75, 3.05) is 23.7 Å². The molecular formula is C25H26N4O4. The van der Waals surface area contributed by atoms with Crippen molar-refractivity contribution in [3.8, 4) is 0 Å². The lowest BCUT2D eigenvalue weighted by Crippen LogP contribution is -2.43. The second kappa shape index (κ2) is 10.1. The van der Waals surface area contributed by atoms with Crippen molar-refractivity contribution >= 4 is 29.1 Å². The molecule has 2 heterocycles. The highest BCUT2D eigenvalue weighted by Crippen LogP contribution is 2.28. The third-order valence-corrected chi connectivity index (χ3v) is 5.60. The number of benzene rings is 2. The van der Waals surface area contributed by atoms with E-state index in [1.165, 1.54) is 18.1 Å². The molecule has 0 fully saturated rings. The highest BCUT2D eigenvalue weighted by molar-refractivity contribution is 6.39. The summed E-state index contributed by atoms with van der Waals surface area (Å²) in [5, 5.41) is 7.96. The first-order valence-corrected chi connectivity index (χ1v) is 10.8. The van der Waals surface area contributed by atoms with Crippen LogP contribution in [0, 0.1) is 0 Å². The molecule has 0 aliphatic carbocycles. The number of hydrogen-bond acceptors (Lipinski definition) is 5. The molecule has 0 radical (unpaired) electrons. The molecular weight excluding hydrogens is 420 g/mol. The minimum absolute atomic E-state index is 0.186. The number of fused-ring (bicyclic) bond motifs is 1. The SMILES string of the molecule is CC(=O)Nc1ccc(NC(=O)C(=O)NC[C@@H](c2ccco2)N2CCc3ccccc3C2)cc1. The van der Waals surface area contributed by atoms with Gasteiger partial charge in [-0.3, -0.25) is 19.3 Å². The number of carbonyl (C=O) groups excluding carboxylic acids is 3. The maximum Gasteiger partial charge on any atom is 0.313 e. The summed E-state index contributed by atoms with van der Waals surface area (Å²) in [6.45, 7) is 3.22. The van der Waals surface area contributed by atoms with Gasteiger partial charge in [0.05, 0.1) is 12.3 Å². The van der Waals surface area contributed by atoms with Gasteiger partial charge >= 0.3 is 11.8 Å². The third kappa shape index (κ3) is 5.67. The summed E-state index contributed by atoms with van der Waals surface area (Å²) in [5.41, 5.74) is 3.65. The Balaban J connectivity index is 1.37. The number of rotatable bonds is 6. The molecule has 0 saturated carbocycles. The molecule has 8 heteroatoms. The Bertz CT molecular complexity index is 1130. The van der Waals surface area contributed by atoms with Crippen molar-refractivity contribution in [1.82, 2.24) is 10.2 Å². The Labute approximate surface area is 192 Å². The van der Waals surface area contributed by atoms with Crippen LogP contribution in [0.1, 0.15) is 29.9 Å². The van der Waals surface area contributed by atoms with Crippen LogP contribution >= 0.6 is 0 Å². The fourth-order valence-electron chi connectivity index (χ4n) is 3.97. The molecule has 3 N–H and O–H groups in total. The Morgan fingerprint density at radius 3 is 2.27 bits per heavy atom. The van der Waals surface area contributed by atoms with Gasteiger partial charge in [-0.1, -0.05) is 24.3 Å². The predicted octanol–water partition coefficient (Wildman–Crippen LogP) is 3.09. The summed E-state index contributed by atoms with van der Waals surface area (Å²) >= 11 is 0. The molecule has 1 aliphatic heterocycles. The zero-order valence-electron chi connectivity index (χ0n) is 18.3. The van der Waals surface area contributed by atoms with Crippen LogP contribution in [0.25, 0.3) is 0 Å². The largest absolute Gasteiger partial charge is 0.468 e. The molecule has 0 spiro atoms. The molecule has 3 aromatic rings. The number of carbonyl (C=O) groups is 3. The average molecular weight is 447 g/mol. The van der Waals surface area contributed by atoms with Gasteiger partial charge in [-0.05, 0) is 53.9 Å². The van der Waals surface area contributed by atoms with E-state index in [0.717, 1.165) is 25.3 Å². The van der Waals surface area contributed by atoms with E-state index in [0.29, 0.717) is 11.4 Å². The van der Waals surface area contributed by atoms with Crippen LogP contribution in [0.4, 0.5) is 11.4 Å². The molecule has 0 unspecified atom stereocenters. The first-order valence-electron chi connectivity index (χ1n) is 10.8. The quantitative estimate of drug-likeness (QED) is 0.505. The number of anilines is 2. The smallest absolute Gasteiger partial charge is 0.313 e. The predicted molar refractivity (Wildman–Crippen MR) is 124 cm³/mol. The standard InChI is InChI=1S/C25H26N4O4/c1-17(30)27-20-8-10-21(11-9-20)28-25(32)24(31)26-15-22(23-7-4-14-33-23)29-13-12-18-5-2-3-6-19(18)16-29/h2-11,14,22H,12-13,15-16H2,1H3,(H,26,31)(H,27,30)(H,28,32)/t22-/m0/s1. The zero-order chi connectivity index (χ0) is 23.2. The zero-order valence-corrected chi connectivity index (χ0v) is 18.3. The molecule has 0 bridgehead atoms. The Hall–Kier alpha value is -3.91. The van der Waals surface area contributed by atoms with Crippen LogP contribution in [-0.2, 0) is 27.3 Å². The maximum atomic E-state index is 12.5. The van der Waals surface area contributed by atoms with Gasteiger partial charge < -0.3 is 20.4 Å². The summed E-state index contributed by atoms with van der Waals surface area (Å²) in [6.07, 6.45) is 2.52. The normalized spacial score (nSPS) is 14.1. The van der Waals surface area contributed by atoms with Gasteiger partial charge in [0, 0.05) is 37.9 Å². The van der Waals surface area contributed by atoms with Crippen LogP contribution in [0.15, 0.2) is 71.3 Å². The Morgan fingerprint density at radius 1 is 0.909 bits per heavy atom. The van der Waals surface area contributed by atoms with E-state index in [-0.39, 0.29) is 18.5 Å². The van der Waals surface area contributed by atoms with E-state index in [1.807, 2.05) is 24.3 Å². The molecule has 0 saturated heterocycles. The molecule has 33 heavy (non-hydrogen) atoms. The van der Waals surface area contributed by atoms with Gasteiger partial charge in [0.15, 0.2) is 0 Å². The number of nitrogens with one attached hydrogen (secondary N) is 3.